The standard InChI is InChI=1S/C11H20N4O/c1-3-15(11-13-8(2)14-16-11)10-6-4-9(12)5-7-10/h9-10H,3-7,12H2,1-2H3. The van der Waals surface area contributed by atoms with E-state index in [0.717, 1.165) is 32.2 Å². The second-order valence-electron chi connectivity index (χ2n) is 4.48. The van der Waals surface area contributed by atoms with E-state index in [4.69, 9.17) is 10.3 Å². The first-order chi connectivity index (χ1) is 7.70. The average Bonchev–Trinajstić information content (AvgIpc) is 2.69. The number of hydrogen-bond acceptors (Lipinski definition) is 5. The molecule has 0 spiro atoms. The van der Waals surface area contributed by atoms with Crippen LogP contribution in [0.4, 0.5) is 6.01 Å². The van der Waals surface area contributed by atoms with E-state index in [0.29, 0.717) is 23.9 Å². The van der Waals surface area contributed by atoms with Gasteiger partial charge in [-0.3, -0.25) is 0 Å². The fraction of sp³-hybridized carbons (Fsp3) is 0.818. The Kier molecular flexibility index (Phi) is 3.43. The highest BCUT2D eigenvalue weighted by Crippen LogP contribution is 2.25. The Hall–Kier alpha value is -1.10. The Bertz CT molecular complexity index is 330. The quantitative estimate of drug-likeness (QED) is 0.842. The van der Waals surface area contributed by atoms with E-state index in [1.54, 1.807) is 0 Å². The second kappa shape index (κ2) is 4.82. The third kappa shape index (κ3) is 2.35. The van der Waals surface area contributed by atoms with Gasteiger partial charge in [-0.1, -0.05) is 5.16 Å². The summed E-state index contributed by atoms with van der Waals surface area (Å²) in [5.74, 6) is 0.695. The summed E-state index contributed by atoms with van der Waals surface area (Å²) in [6, 6.07) is 1.53. The predicted molar refractivity (Wildman–Crippen MR) is 62.3 cm³/mol. The van der Waals surface area contributed by atoms with Gasteiger partial charge in [0, 0.05) is 18.6 Å². The van der Waals surface area contributed by atoms with Gasteiger partial charge in [0.1, 0.15) is 0 Å². The van der Waals surface area contributed by atoms with Crippen molar-refractivity contribution in [2.24, 2.45) is 5.73 Å². The fourth-order valence-electron chi connectivity index (χ4n) is 2.37. The summed E-state index contributed by atoms with van der Waals surface area (Å²) in [5, 5.41) is 3.84. The maximum Gasteiger partial charge on any atom is 0.324 e. The molecule has 0 atom stereocenters. The maximum atomic E-state index is 5.91. The van der Waals surface area contributed by atoms with Crippen LogP contribution in [-0.4, -0.2) is 28.8 Å². The Morgan fingerprint density at radius 2 is 2.06 bits per heavy atom. The Balaban J connectivity index is 2.05. The molecule has 5 heteroatoms. The van der Waals surface area contributed by atoms with E-state index in [1.165, 1.54) is 0 Å². The SMILES string of the molecule is CCN(c1nc(C)no1)C1CCC(N)CC1. The minimum absolute atomic E-state index is 0.374. The van der Waals surface area contributed by atoms with Crippen molar-refractivity contribution in [2.75, 3.05) is 11.4 Å². The van der Waals surface area contributed by atoms with Crippen LogP contribution in [0.15, 0.2) is 4.52 Å². The van der Waals surface area contributed by atoms with Crippen molar-refractivity contribution in [3.63, 3.8) is 0 Å². The van der Waals surface area contributed by atoms with Gasteiger partial charge in [0.25, 0.3) is 0 Å². The number of aryl methyl sites for hydroxylation is 1. The van der Waals surface area contributed by atoms with Gasteiger partial charge in [-0.2, -0.15) is 4.98 Å². The molecular weight excluding hydrogens is 204 g/mol. The molecule has 1 aliphatic carbocycles. The summed E-state index contributed by atoms with van der Waals surface area (Å²) >= 11 is 0. The average molecular weight is 224 g/mol. The molecule has 1 heterocycles. The lowest BCUT2D eigenvalue weighted by Crippen LogP contribution is -2.41. The lowest BCUT2D eigenvalue weighted by molar-refractivity contribution is 0.345. The molecule has 0 unspecified atom stereocenters. The van der Waals surface area contributed by atoms with E-state index in [9.17, 15) is 0 Å². The third-order valence-electron chi connectivity index (χ3n) is 3.29. The van der Waals surface area contributed by atoms with E-state index < -0.39 is 0 Å². The van der Waals surface area contributed by atoms with Crippen LogP contribution in [0.1, 0.15) is 38.4 Å². The second-order valence-corrected chi connectivity index (χ2v) is 4.48. The zero-order valence-electron chi connectivity index (χ0n) is 10.0. The number of rotatable bonds is 3. The van der Waals surface area contributed by atoms with Crippen LogP contribution in [0.25, 0.3) is 0 Å². The predicted octanol–water partition coefficient (Wildman–Crippen LogP) is 1.47. The monoisotopic (exact) mass is 224 g/mol. The molecule has 1 aliphatic rings. The van der Waals surface area contributed by atoms with Crippen LogP contribution in [0, 0.1) is 6.92 Å². The number of nitrogens with zero attached hydrogens (tertiary/aromatic N) is 3. The summed E-state index contributed by atoms with van der Waals surface area (Å²) in [6.45, 7) is 4.87. The minimum atomic E-state index is 0.374. The topological polar surface area (TPSA) is 68.2 Å². The molecule has 1 fully saturated rings. The van der Waals surface area contributed by atoms with Crippen molar-refractivity contribution in [1.29, 1.82) is 0 Å². The molecule has 5 nitrogen and oxygen atoms in total. The van der Waals surface area contributed by atoms with Gasteiger partial charge in [-0.25, -0.2) is 0 Å². The summed E-state index contributed by atoms with van der Waals surface area (Å²) in [6.07, 6.45) is 4.43. The van der Waals surface area contributed by atoms with Gasteiger partial charge in [0.15, 0.2) is 5.82 Å². The molecular formula is C11H20N4O. The molecule has 0 saturated heterocycles. The zero-order valence-corrected chi connectivity index (χ0v) is 10.0. The highest BCUT2D eigenvalue weighted by molar-refractivity contribution is 5.27. The van der Waals surface area contributed by atoms with Gasteiger partial charge in [0.2, 0.25) is 0 Å². The lowest BCUT2D eigenvalue weighted by Gasteiger charge is -2.34. The van der Waals surface area contributed by atoms with E-state index >= 15 is 0 Å². The van der Waals surface area contributed by atoms with Gasteiger partial charge >= 0.3 is 6.01 Å². The number of aromatic nitrogens is 2. The molecule has 90 valence electrons. The first-order valence-electron chi connectivity index (χ1n) is 6.03. The van der Waals surface area contributed by atoms with Crippen molar-refractivity contribution in [2.45, 2.75) is 51.6 Å². The van der Waals surface area contributed by atoms with Gasteiger partial charge in [0.05, 0.1) is 0 Å². The number of hydrogen-bond donors (Lipinski definition) is 1. The molecule has 0 radical (unpaired) electrons. The van der Waals surface area contributed by atoms with Crippen molar-refractivity contribution >= 4 is 6.01 Å². The fourth-order valence-corrected chi connectivity index (χ4v) is 2.37. The van der Waals surface area contributed by atoms with Gasteiger partial charge in [-0.05, 0) is 39.5 Å². The summed E-state index contributed by atoms with van der Waals surface area (Å²) in [4.78, 5) is 6.49. The van der Waals surface area contributed by atoms with Gasteiger partial charge < -0.3 is 15.2 Å². The third-order valence-corrected chi connectivity index (χ3v) is 3.29. The Morgan fingerprint density at radius 1 is 1.38 bits per heavy atom. The van der Waals surface area contributed by atoms with Crippen LogP contribution in [0.2, 0.25) is 0 Å². The number of anilines is 1. The molecule has 2 rings (SSSR count). The van der Waals surface area contributed by atoms with Crippen molar-refractivity contribution in [3.05, 3.63) is 5.82 Å². The molecule has 2 N–H and O–H groups in total. The van der Waals surface area contributed by atoms with Crippen molar-refractivity contribution in [1.82, 2.24) is 10.1 Å². The molecule has 0 aliphatic heterocycles. The molecule has 1 aromatic rings. The van der Waals surface area contributed by atoms with E-state index in [1.807, 2.05) is 6.92 Å². The summed E-state index contributed by atoms with van der Waals surface area (Å²) < 4.78 is 5.23. The highest BCUT2D eigenvalue weighted by atomic mass is 16.5. The lowest BCUT2D eigenvalue weighted by atomic mass is 9.91. The van der Waals surface area contributed by atoms with Crippen LogP contribution in [-0.2, 0) is 0 Å². The molecule has 0 amide bonds. The van der Waals surface area contributed by atoms with E-state index in [2.05, 4.69) is 22.0 Å². The van der Waals surface area contributed by atoms with Gasteiger partial charge in [-0.15, -0.1) is 0 Å². The minimum Gasteiger partial charge on any atom is -0.328 e. The van der Waals surface area contributed by atoms with E-state index in [-0.39, 0.29) is 0 Å². The molecule has 1 aromatic heterocycles. The molecule has 1 saturated carbocycles. The maximum absolute atomic E-state index is 5.91. The van der Waals surface area contributed by atoms with Crippen molar-refractivity contribution < 1.29 is 4.52 Å². The van der Waals surface area contributed by atoms with Crippen LogP contribution < -0.4 is 10.6 Å². The highest BCUT2D eigenvalue weighted by Gasteiger charge is 2.26. The summed E-state index contributed by atoms with van der Waals surface area (Å²) in [5.41, 5.74) is 5.91. The molecule has 0 bridgehead atoms. The summed E-state index contributed by atoms with van der Waals surface area (Å²) in [7, 11) is 0. The first-order valence-corrected chi connectivity index (χ1v) is 6.03. The largest absolute Gasteiger partial charge is 0.328 e. The number of nitrogens with two attached hydrogens (primary N) is 1. The van der Waals surface area contributed by atoms with Crippen LogP contribution in [0.5, 0.6) is 0 Å². The van der Waals surface area contributed by atoms with Crippen LogP contribution >= 0.6 is 0 Å². The molecule has 16 heavy (non-hydrogen) atoms. The van der Waals surface area contributed by atoms with Crippen molar-refractivity contribution in [3.8, 4) is 0 Å². The van der Waals surface area contributed by atoms with Crippen LogP contribution in [0.3, 0.4) is 0 Å². The Labute approximate surface area is 96.0 Å². The first kappa shape index (κ1) is 11.4. The zero-order chi connectivity index (χ0) is 11.5. The Morgan fingerprint density at radius 3 is 2.56 bits per heavy atom. The smallest absolute Gasteiger partial charge is 0.324 e. The molecule has 0 aromatic carbocycles. The normalized spacial score (nSPS) is 25.7.